The zero-order valence-electron chi connectivity index (χ0n) is 7.18. The monoisotopic (exact) mass is 197 g/mol. The minimum absolute atomic E-state index is 0. The van der Waals surface area contributed by atoms with Gasteiger partial charge >= 0.3 is 0 Å². The molecule has 0 aliphatic rings. The average molecular weight is 198 g/mol. The van der Waals surface area contributed by atoms with E-state index in [2.05, 4.69) is 4.98 Å². The lowest BCUT2D eigenvalue weighted by Gasteiger charge is -1.86. The summed E-state index contributed by atoms with van der Waals surface area (Å²) in [6.07, 6.45) is 4.85. The number of hydrogen-bond acceptors (Lipinski definition) is 2. The second-order valence-electron chi connectivity index (χ2n) is 2.74. The van der Waals surface area contributed by atoms with Crippen LogP contribution in [0.5, 0.6) is 0 Å². The minimum Gasteiger partial charge on any atom is -0.330 e. The fourth-order valence-electron chi connectivity index (χ4n) is 1.26. The Bertz CT molecular complexity index is 350. The average Bonchev–Trinajstić information content (AvgIpc) is 2.47. The Balaban J connectivity index is 0.000000845. The van der Waals surface area contributed by atoms with Crippen molar-refractivity contribution in [2.24, 2.45) is 5.73 Å². The van der Waals surface area contributed by atoms with Crippen molar-refractivity contribution in [2.45, 2.75) is 6.42 Å². The highest BCUT2D eigenvalue weighted by Crippen LogP contribution is 2.03. The van der Waals surface area contributed by atoms with Gasteiger partial charge in [-0.3, -0.25) is 0 Å². The summed E-state index contributed by atoms with van der Waals surface area (Å²) in [6.45, 7) is 0.657. The van der Waals surface area contributed by atoms with E-state index in [9.17, 15) is 0 Å². The van der Waals surface area contributed by atoms with E-state index in [0.717, 1.165) is 17.8 Å². The Hall–Kier alpha value is -1.06. The van der Waals surface area contributed by atoms with Gasteiger partial charge in [-0.05, 0) is 18.7 Å². The predicted molar refractivity (Wildman–Crippen MR) is 55.2 cm³/mol. The zero-order chi connectivity index (χ0) is 8.39. The highest BCUT2D eigenvalue weighted by atomic mass is 35.5. The van der Waals surface area contributed by atoms with Crippen LogP contribution in [0.4, 0.5) is 0 Å². The normalized spacial score (nSPS) is 9.92. The van der Waals surface area contributed by atoms with Gasteiger partial charge in [0.15, 0.2) is 0 Å². The third-order valence-electron chi connectivity index (χ3n) is 1.81. The number of halogens is 1. The van der Waals surface area contributed by atoms with E-state index in [-0.39, 0.29) is 12.4 Å². The number of imidazole rings is 1. The Morgan fingerprint density at radius 1 is 1.38 bits per heavy atom. The minimum atomic E-state index is 0. The van der Waals surface area contributed by atoms with E-state index in [1.165, 1.54) is 0 Å². The molecule has 13 heavy (non-hydrogen) atoms. The molecular weight excluding hydrogens is 186 g/mol. The molecule has 0 saturated heterocycles. The summed E-state index contributed by atoms with van der Waals surface area (Å²) in [5.41, 5.74) is 7.48. The van der Waals surface area contributed by atoms with Crippen LogP contribution in [-0.2, 0) is 6.42 Å². The lowest BCUT2D eigenvalue weighted by Crippen LogP contribution is -2.02. The van der Waals surface area contributed by atoms with Crippen LogP contribution in [-0.4, -0.2) is 15.9 Å². The molecule has 3 nitrogen and oxygen atoms in total. The topological polar surface area (TPSA) is 43.3 Å². The number of nitrogens with zero attached hydrogens (tertiary/aromatic N) is 2. The summed E-state index contributed by atoms with van der Waals surface area (Å²) in [4.78, 5) is 4.39. The largest absolute Gasteiger partial charge is 0.330 e. The molecule has 0 saturated carbocycles. The fraction of sp³-hybridized carbons (Fsp3) is 0.222. The molecule has 2 aromatic rings. The molecule has 70 valence electrons. The quantitative estimate of drug-likeness (QED) is 0.788. The molecule has 0 spiro atoms. The van der Waals surface area contributed by atoms with Crippen molar-refractivity contribution in [3.63, 3.8) is 0 Å². The molecular formula is C9H12ClN3. The van der Waals surface area contributed by atoms with Crippen LogP contribution in [0.25, 0.3) is 5.65 Å². The van der Waals surface area contributed by atoms with Crippen LogP contribution >= 0.6 is 12.4 Å². The first-order valence-corrected chi connectivity index (χ1v) is 4.03. The number of nitrogens with two attached hydrogens (primary N) is 1. The molecule has 0 aliphatic carbocycles. The van der Waals surface area contributed by atoms with Crippen LogP contribution in [0, 0.1) is 0 Å². The smallest absolute Gasteiger partial charge is 0.136 e. The Morgan fingerprint density at radius 3 is 2.92 bits per heavy atom. The predicted octanol–water partition coefficient (Wildman–Crippen LogP) is 1.26. The highest BCUT2D eigenvalue weighted by Gasteiger charge is 1.97. The summed E-state index contributed by atoms with van der Waals surface area (Å²) in [6, 6.07) is 5.95. The molecule has 2 rings (SSSR count). The number of hydrogen-bond donors (Lipinski definition) is 1. The van der Waals surface area contributed by atoms with Gasteiger partial charge in [-0.2, -0.15) is 0 Å². The van der Waals surface area contributed by atoms with Crippen molar-refractivity contribution in [2.75, 3.05) is 6.54 Å². The van der Waals surface area contributed by atoms with E-state index in [0.29, 0.717) is 6.54 Å². The molecule has 0 unspecified atom stereocenters. The highest BCUT2D eigenvalue weighted by molar-refractivity contribution is 5.85. The van der Waals surface area contributed by atoms with Crippen molar-refractivity contribution in [1.82, 2.24) is 9.38 Å². The van der Waals surface area contributed by atoms with Crippen LogP contribution in [0.15, 0.2) is 30.6 Å². The van der Waals surface area contributed by atoms with Crippen molar-refractivity contribution < 1.29 is 0 Å². The Kier molecular flexibility index (Phi) is 3.28. The molecule has 2 N–H and O–H groups in total. The van der Waals surface area contributed by atoms with Gasteiger partial charge < -0.3 is 10.1 Å². The summed E-state index contributed by atoms with van der Waals surface area (Å²) in [5.74, 6) is 0. The van der Waals surface area contributed by atoms with Gasteiger partial charge in [-0.1, -0.05) is 6.07 Å². The van der Waals surface area contributed by atoms with E-state index < -0.39 is 0 Å². The SMILES string of the molecule is Cl.NCCc1cn2ccccc2n1. The van der Waals surface area contributed by atoms with Gasteiger partial charge in [-0.15, -0.1) is 12.4 Å². The molecule has 0 radical (unpaired) electrons. The van der Waals surface area contributed by atoms with Crippen molar-refractivity contribution >= 4 is 18.1 Å². The Morgan fingerprint density at radius 2 is 2.23 bits per heavy atom. The zero-order valence-corrected chi connectivity index (χ0v) is 8.00. The second kappa shape index (κ2) is 4.25. The van der Waals surface area contributed by atoms with Gasteiger partial charge in [-0.25, -0.2) is 4.98 Å². The maximum Gasteiger partial charge on any atom is 0.136 e. The fourth-order valence-corrected chi connectivity index (χ4v) is 1.26. The molecule has 0 atom stereocenters. The summed E-state index contributed by atoms with van der Waals surface area (Å²) >= 11 is 0. The van der Waals surface area contributed by atoms with E-state index in [1.807, 2.05) is 35.0 Å². The van der Waals surface area contributed by atoms with E-state index in [1.54, 1.807) is 0 Å². The van der Waals surface area contributed by atoms with Gasteiger partial charge in [0, 0.05) is 18.8 Å². The molecule has 2 heterocycles. The number of fused-ring (bicyclic) bond motifs is 1. The number of aromatic nitrogens is 2. The number of rotatable bonds is 2. The van der Waals surface area contributed by atoms with Gasteiger partial charge in [0.05, 0.1) is 5.69 Å². The molecule has 0 amide bonds. The molecule has 2 aromatic heterocycles. The Labute approximate surface area is 83.0 Å². The van der Waals surface area contributed by atoms with Crippen LogP contribution in [0.1, 0.15) is 5.69 Å². The van der Waals surface area contributed by atoms with Crippen LogP contribution < -0.4 is 5.73 Å². The van der Waals surface area contributed by atoms with E-state index in [4.69, 9.17) is 5.73 Å². The lowest BCUT2D eigenvalue weighted by molar-refractivity contribution is 0.937. The van der Waals surface area contributed by atoms with Crippen LogP contribution in [0.3, 0.4) is 0 Å². The molecule has 0 fully saturated rings. The molecule has 0 aliphatic heterocycles. The van der Waals surface area contributed by atoms with Crippen molar-refractivity contribution in [1.29, 1.82) is 0 Å². The molecule has 0 bridgehead atoms. The maximum absolute atomic E-state index is 5.43. The third kappa shape index (κ3) is 1.99. The van der Waals surface area contributed by atoms with Gasteiger partial charge in [0.25, 0.3) is 0 Å². The van der Waals surface area contributed by atoms with Gasteiger partial charge in [0.1, 0.15) is 5.65 Å². The molecule has 0 aromatic carbocycles. The third-order valence-corrected chi connectivity index (χ3v) is 1.81. The van der Waals surface area contributed by atoms with E-state index >= 15 is 0 Å². The lowest BCUT2D eigenvalue weighted by atomic mass is 10.3. The maximum atomic E-state index is 5.43. The summed E-state index contributed by atoms with van der Waals surface area (Å²) in [7, 11) is 0. The van der Waals surface area contributed by atoms with Gasteiger partial charge in [0.2, 0.25) is 0 Å². The van der Waals surface area contributed by atoms with Crippen molar-refractivity contribution in [3.8, 4) is 0 Å². The molecule has 4 heteroatoms. The summed E-state index contributed by atoms with van der Waals surface area (Å²) in [5, 5.41) is 0. The first kappa shape index (κ1) is 10.0. The summed E-state index contributed by atoms with van der Waals surface area (Å²) < 4.78 is 2.00. The van der Waals surface area contributed by atoms with Crippen molar-refractivity contribution in [3.05, 3.63) is 36.3 Å². The first-order chi connectivity index (χ1) is 5.90. The number of pyridine rings is 1. The second-order valence-corrected chi connectivity index (χ2v) is 2.74. The van der Waals surface area contributed by atoms with Crippen LogP contribution in [0.2, 0.25) is 0 Å². The first-order valence-electron chi connectivity index (χ1n) is 4.03. The standard InChI is InChI=1S/C9H11N3.ClH/c10-5-4-8-7-12-6-2-1-3-9(12)11-8;/h1-3,6-7H,4-5,10H2;1H.